The monoisotopic (exact) mass is 306 g/mol. The Morgan fingerprint density at radius 1 is 1.14 bits per heavy atom. The third kappa shape index (κ3) is 4.62. The Morgan fingerprint density at radius 3 is 2.33 bits per heavy atom. The van der Waals surface area contributed by atoms with Crippen molar-refractivity contribution in [2.75, 3.05) is 24.5 Å². The highest BCUT2D eigenvalue weighted by atomic mass is 35.5. The van der Waals surface area contributed by atoms with Gasteiger partial charge in [-0.1, -0.05) is 24.6 Å². The summed E-state index contributed by atoms with van der Waals surface area (Å²) in [7, 11) is 0. The van der Waals surface area contributed by atoms with Crippen molar-refractivity contribution in [2.24, 2.45) is 11.8 Å². The SMILES string of the molecule is CCCNCc1ccc(N(CC2CC2)CC2CC2)c(Cl)c1. The molecule has 0 aromatic heterocycles. The van der Waals surface area contributed by atoms with Gasteiger partial charge in [0.05, 0.1) is 10.7 Å². The van der Waals surface area contributed by atoms with Gasteiger partial charge in [0.2, 0.25) is 0 Å². The van der Waals surface area contributed by atoms with E-state index in [1.807, 2.05) is 0 Å². The van der Waals surface area contributed by atoms with E-state index in [1.165, 1.54) is 56.4 Å². The zero-order valence-corrected chi connectivity index (χ0v) is 13.8. The summed E-state index contributed by atoms with van der Waals surface area (Å²) in [5.41, 5.74) is 2.53. The van der Waals surface area contributed by atoms with Crippen LogP contribution in [-0.2, 0) is 6.54 Å². The molecule has 0 spiro atoms. The van der Waals surface area contributed by atoms with Gasteiger partial charge in [0.1, 0.15) is 0 Å². The number of hydrogen-bond acceptors (Lipinski definition) is 2. The number of benzene rings is 1. The minimum atomic E-state index is 0.908. The molecule has 116 valence electrons. The van der Waals surface area contributed by atoms with Crippen molar-refractivity contribution in [1.82, 2.24) is 5.32 Å². The number of halogens is 1. The summed E-state index contributed by atoms with van der Waals surface area (Å²) in [4.78, 5) is 2.54. The molecule has 2 aliphatic rings. The van der Waals surface area contributed by atoms with Crippen LogP contribution in [-0.4, -0.2) is 19.6 Å². The Morgan fingerprint density at radius 2 is 1.81 bits per heavy atom. The van der Waals surface area contributed by atoms with Crippen LogP contribution >= 0.6 is 11.6 Å². The molecular weight excluding hydrogens is 280 g/mol. The van der Waals surface area contributed by atoms with Crippen LogP contribution in [0.25, 0.3) is 0 Å². The Hall–Kier alpha value is -0.730. The molecule has 3 heteroatoms. The smallest absolute Gasteiger partial charge is 0.0642 e. The second kappa shape index (κ2) is 7.02. The molecule has 2 fully saturated rings. The fourth-order valence-electron chi connectivity index (χ4n) is 2.82. The number of rotatable bonds is 9. The summed E-state index contributed by atoms with van der Waals surface area (Å²) in [6, 6.07) is 6.61. The third-order valence-electron chi connectivity index (χ3n) is 4.46. The second-order valence-electron chi connectivity index (χ2n) is 6.75. The highest BCUT2D eigenvalue weighted by Crippen LogP contribution is 2.38. The first kappa shape index (κ1) is 15.2. The summed E-state index contributed by atoms with van der Waals surface area (Å²) < 4.78 is 0. The lowest BCUT2D eigenvalue weighted by Crippen LogP contribution is -2.28. The molecule has 0 unspecified atom stereocenters. The predicted molar refractivity (Wildman–Crippen MR) is 91.1 cm³/mol. The average molecular weight is 307 g/mol. The van der Waals surface area contributed by atoms with Crippen LogP contribution in [0.1, 0.15) is 44.6 Å². The van der Waals surface area contributed by atoms with E-state index in [1.54, 1.807) is 0 Å². The Bertz CT molecular complexity index is 452. The minimum Gasteiger partial charge on any atom is -0.370 e. The largest absolute Gasteiger partial charge is 0.370 e. The summed E-state index contributed by atoms with van der Waals surface area (Å²) in [5.74, 6) is 1.82. The van der Waals surface area contributed by atoms with Crippen LogP contribution in [0.4, 0.5) is 5.69 Å². The van der Waals surface area contributed by atoms with Gasteiger partial charge in [0.25, 0.3) is 0 Å². The number of hydrogen-bond donors (Lipinski definition) is 1. The fourth-order valence-corrected chi connectivity index (χ4v) is 3.14. The van der Waals surface area contributed by atoms with Crippen molar-refractivity contribution in [3.8, 4) is 0 Å². The third-order valence-corrected chi connectivity index (χ3v) is 4.76. The molecule has 0 atom stereocenters. The molecule has 2 saturated carbocycles. The van der Waals surface area contributed by atoms with Gasteiger partial charge in [0, 0.05) is 19.6 Å². The van der Waals surface area contributed by atoms with E-state index in [2.05, 4.69) is 35.3 Å². The molecule has 1 aromatic carbocycles. The molecule has 0 saturated heterocycles. The topological polar surface area (TPSA) is 15.3 Å². The van der Waals surface area contributed by atoms with Crippen molar-refractivity contribution < 1.29 is 0 Å². The zero-order valence-electron chi connectivity index (χ0n) is 13.1. The van der Waals surface area contributed by atoms with Crippen LogP contribution in [0.15, 0.2) is 18.2 Å². The van der Waals surface area contributed by atoms with Crippen molar-refractivity contribution in [1.29, 1.82) is 0 Å². The average Bonchev–Trinajstić information content (AvgIpc) is 3.34. The Labute approximate surface area is 133 Å². The molecule has 0 bridgehead atoms. The number of nitrogens with one attached hydrogen (secondary N) is 1. The quantitative estimate of drug-likeness (QED) is 0.677. The molecule has 21 heavy (non-hydrogen) atoms. The molecule has 0 aliphatic heterocycles. The van der Waals surface area contributed by atoms with Crippen molar-refractivity contribution in [3.63, 3.8) is 0 Å². The van der Waals surface area contributed by atoms with E-state index in [9.17, 15) is 0 Å². The van der Waals surface area contributed by atoms with Crippen molar-refractivity contribution in [2.45, 2.75) is 45.6 Å². The molecule has 0 amide bonds. The van der Waals surface area contributed by atoms with Crippen LogP contribution < -0.4 is 10.2 Å². The van der Waals surface area contributed by atoms with Gasteiger partial charge < -0.3 is 10.2 Å². The lowest BCUT2D eigenvalue weighted by Gasteiger charge is -2.26. The van der Waals surface area contributed by atoms with Gasteiger partial charge in [-0.25, -0.2) is 0 Å². The molecule has 0 radical (unpaired) electrons. The summed E-state index contributed by atoms with van der Waals surface area (Å²) in [6.45, 7) is 6.57. The van der Waals surface area contributed by atoms with Crippen LogP contribution in [0.5, 0.6) is 0 Å². The standard InChI is InChI=1S/C18H27ClN2/c1-2-9-20-11-16-7-8-18(17(19)10-16)21(12-14-3-4-14)13-15-5-6-15/h7-8,10,14-15,20H,2-6,9,11-13H2,1H3. The first-order valence-corrected chi connectivity index (χ1v) is 8.88. The molecule has 2 aliphatic carbocycles. The molecule has 3 rings (SSSR count). The van der Waals surface area contributed by atoms with Gasteiger partial charge in [-0.15, -0.1) is 0 Å². The lowest BCUT2D eigenvalue weighted by molar-refractivity contribution is 0.672. The summed E-state index contributed by atoms with van der Waals surface area (Å²) in [5, 5.41) is 4.36. The van der Waals surface area contributed by atoms with Crippen LogP contribution in [0.2, 0.25) is 5.02 Å². The maximum absolute atomic E-state index is 6.58. The van der Waals surface area contributed by atoms with E-state index < -0.39 is 0 Å². The molecule has 2 nitrogen and oxygen atoms in total. The predicted octanol–water partition coefficient (Wildman–Crippen LogP) is 4.47. The highest BCUT2D eigenvalue weighted by molar-refractivity contribution is 6.33. The first-order valence-electron chi connectivity index (χ1n) is 8.50. The maximum Gasteiger partial charge on any atom is 0.0642 e. The van der Waals surface area contributed by atoms with E-state index in [0.29, 0.717) is 0 Å². The van der Waals surface area contributed by atoms with Crippen molar-refractivity contribution in [3.05, 3.63) is 28.8 Å². The van der Waals surface area contributed by atoms with E-state index >= 15 is 0 Å². The van der Waals surface area contributed by atoms with E-state index in [-0.39, 0.29) is 0 Å². The van der Waals surface area contributed by atoms with Gasteiger partial charge in [-0.05, 0) is 68.2 Å². The molecule has 1 N–H and O–H groups in total. The van der Waals surface area contributed by atoms with E-state index in [0.717, 1.165) is 29.9 Å². The van der Waals surface area contributed by atoms with Crippen LogP contribution in [0, 0.1) is 11.8 Å². The first-order chi connectivity index (χ1) is 10.3. The molecule has 1 aromatic rings. The maximum atomic E-state index is 6.58. The summed E-state index contributed by atoms with van der Waals surface area (Å²) in [6.07, 6.45) is 6.77. The lowest BCUT2D eigenvalue weighted by atomic mass is 10.1. The summed E-state index contributed by atoms with van der Waals surface area (Å²) >= 11 is 6.58. The second-order valence-corrected chi connectivity index (χ2v) is 7.16. The molecule has 0 heterocycles. The highest BCUT2D eigenvalue weighted by Gasteiger charge is 2.30. The van der Waals surface area contributed by atoms with Gasteiger partial charge in [-0.2, -0.15) is 0 Å². The van der Waals surface area contributed by atoms with Gasteiger partial charge in [0.15, 0.2) is 0 Å². The normalized spacial score (nSPS) is 18.0. The fraction of sp³-hybridized carbons (Fsp3) is 0.667. The molecular formula is C18H27ClN2. The van der Waals surface area contributed by atoms with Crippen molar-refractivity contribution >= 4 is 17.3 Å². The minimum absolute atomic E-state index is 0.908. The zero-order chi connectivity index (χ0) is 14.7. The van der Waals surface area contributed by atoms with Crippen LogP contribution in [0.3, 0.4) is 0 Å². The Balaban J connectivity index is 1.65. The number of anilines is 1. The van der Waals surface area contributed by atoms with E-state index in [4.69, 9.17) is 11.6 Å². The Kier molecular flexibility index (Phi) is 5.07. The van der Waals surface area contributed by atoms with Gasteiger partial charge in [-0.3, -0.25) is 0 Å². The number of nitrogens with zero attached hydrogens (tertiary/aromatic N) is 1. The van der Waals surface area contributed by atoms with Gasteiger partial charge >= 0.3 is 0 Å².